The molecule has 3 aromatic rings. The Bertz CT molecular complexity index is 691. The SMILES string of the molecule is Cc1nc2ccc(-c3nncnc3N)cc2o1. The van der Waals surface area contributed by atoms with Crippen molar-refractivity contribution in [2.24, 2.45) is 0 Å². The van der Waals surface area contributed by atoms with E-state index in [2.05, 4.69) is 20.2 Å². The average Bonchev–Trinajstić information content (AvgIpc) is 2.68. The molecule has 0 aliphatic rings. The fraction of sp³-hybridized carbons (Fsp3) is 0.0909. The highest BCUT2D eigenvalue weighted by atomic mass is 16.3. The number of aryl methyl sites for hydroxylation is 1. The van der Waals surface area contributed by atoms with Crippen LogP contribution in [-0.2, 0) is 0 Å². The fourth-order valence-electron chi connectivity index (χ4n) is 1.68. The van der Waals surface area contributed by atoms with Crippen molar-refractivity contribution in [3.05, 3.63) is 30.4 Å². The minimum Gasteiger partial charge on any atom is -0.441 e. The molecule has 0 unspecified atom stereocenters. The van der Waals surface area contributed by atoms with E-state index in [0.29, 0.717) is 23.0 Å². The average molecular weight is 227 g/mol. The highest BCUT2D eigenvalue weighted by Gasteiger charge is 2.09. The molecule has 0 aliphatic heterocycles. The maximum absolute atomic E-state index is 5.74. The number of fused-ring (bicyclic) bond motifs is 1. The molecule has 2 N–H and O–H groups in total. The molecular weight excluding hydrogens is 218 g/mol. The van der Waals surface area contributed by atoms with E-state index in [1.807, 2.05) is 18.2 Å². The van der Waals surface area contributed by atoms with Crippen LogP contribution in [0.5, 0.6) is 0 Å². The lowest BCUT2D eigenvalue weighted by molar-refractivity contribution is 0.561. The van der Waals surface area contributed by atoms with Crippen molar-refractivity contribution in [1.29, 1.82) is 0 Å². The number of rotatable bonds is 1. The van der Waals surface area contributed by atoms with Crippen molar-refractivity contribution < 1.29 is 4.42 Å². The van der Waals surface area contributed by atoms with E-state index in [0.717, 1.165) is 11.1 Å². The van der Waals surface area contributed by atoms with Gasteiger partial charge in [0.15, 0.2) is 17.3 Å². The normalized spacial score (nSPS) is 10.9. The number of benzene rings is 1. The first-order chi connectivity index (χ1) is 8.24. The first kappa shape index (κ1) is 9.71. The van der Waals surface area contributed by atoms with Gasteiger partial charge in [0.25, 0.3) is 0 Å². The minimum atomic E-state index is 0.343. The zero-order chi connectivity index (χ0) is 11.8. The van der Waals surface area contributed by atoms with Gasteiger partial charge in [0.2, 0.25) is 0 Å². The molecule has 1 aromatic carbocycles. The number of hydrogen-bond acceptors (Lipinski definition) is 6. The van der Waals surface area contributed by atoms with Crippen molar-refractivity contribution >= 4 is 16.9 Å². The topological polar surface area (TPSA) is 90.7 Å². The summed E-state index contributed by atoms with van der Waals surface area (Å²) in [6.45, 7) is 1.80. The molecule has 6 heteroatoms. The van der Waals surface area contributed by atoms with Gasteiger partial charge in [0, 0.05) is 12.5 Å². The van der Waals surface area contributed by atoms with Crippen LogP contribution >= 0.6 is 0 Å². The van der Waals surface area contributed by atoms with E-state index >= 15 is 0 Å². The lowest BCUT2D eigenvalue weighted by atomic mass is 10.1. The maximum Gasteiger partial charge on any atom is 0.192 e. The zero-order valence-corrected chi connectivity index (χ0v) is 9.08. The Balaban J connectivity index is 2.21. The Hall–Kier alpha value is -2.50. The second-order valence-corrected chi connectivity index (χ2v) is 3.61. The van der Waals surface area contributed by atoms with Gasteiger partial charge < -0.3 is 10.2 Å². The first-order valence-corrected chi connectivity index (χ1v) is 5.05. The van der Waals surface area contributed by atoms with Gasteiger partial charge in [-0.15, -0.1) is 10.2 Å². The van der Waals surface area contributed by atoms with Crippen LogP contribution in [0, 0.1) is 6.92 Å². The van der Waals surface area contributed by atoms with Crippen molar-refractivity contribution in [3.8, 4) is 11.3 Å². The summed E-state index contributed by atoms with van der Waals surface area (Å²) < 4.78 is 5.45. The number of nitrogens with zero attached hydrogens (tertiary/aromatic N) is 4. The number of anilines is 1. The smallest absolute Gasteiger partial charge is 0.192 e. The Morgan fingerprint density at radius 1 is 1.29 bits per heavy atom. The number of hydrogen-bond donors (Lipinski definition) is 1. The van der Waals surface area contributed by atoms with Gasteiger partial charge in [-0.05, 0) is 12.1 Å². The first-order valence-electron chi connectivity index (χ1n) is 5.05. The van der Waals surface area contributed by atoms with Gasteiger partial charge in [-0.1, -0.05) is 6.07 Å². The van der Waals surface area contributed by atoms with Crippen molar-refractivity contribution in [2.45, 2.75) is 6.92 Å². The van der Waals surface area contributed by atoms with Gasteiger partial charge in [-0.25, -0.2) is 9.97 Å². The molecule has 0 amide bonds. The van der Waals surface area contributed by atoms with Crippen molar-refractivity contribution in [1.82, 2.24) is 20.2 Å². The molecule has 2 aromatic heterocycles. The molecule has 0 saturated carbocycles. The minimum absolute atomic E-state index is 0.343. The third kappa shape index (κ3) is 1.59. The number of aromatic nitrogens is 4. The van der Waals surface area contributed by atoms with Crippen LogP contribution in [0.4, 0.5) is 5.82 Å². The van der Waals surface area contributed by atoms with Gasteiger partial charge >= 0.3 is 0 Å². The van der Waals surface area contributed by atoms with E-state index < -0.39 is 0 Å². The summed E-state index contributed by atoms with van der Waals surface area (Å²) >= 11 is 0. The standard InChI is InChI=1S/C11H9N5O/c1-6-15-8-3-2-7(4-9(8)17-6)10-11(12)13-5-14-16-10/h2-5H,1H3,(H2,12,13,14). The molecule has 0 spiro atoms. The molecule has 0 radical (unpaired) electrons. The van der Waals surface area contributed by atoms with Gasteiger partial charge in [0.05, 0.1) is 0 Å². The largest absolute Gasteiger partial charge is 0.441 e. The zero-order valence-electron chi connectivity index (χ0n) is 9.08. The summed E-state index contributed by atoms with van der Waals surface area (Å²) in [5.74, 6) is 0.970. The highest BCUT2D eigenvalue weighted by molar-refractivity contribution is 5.81. The second-order valence-electron chi connectivity index (χ2n) is 3.61. The van der Waals surface area contributed by atoms with Crippen LogP contribution in [0.25, 0.3) is 22.4 Å². The molecule has 84 valence electrons. The Morgan fingerprint density at radius 2 is 2.18 bits per heavy atom. The summed E-state index contributed by atoms with van der Waals surface area (Å²) in [6.07, 6.45) is 1.32. The lowest BCUT2D eigenvalue weighted by Crippen LogP contribution is -1.98. The maximum atomic E-state index is 5.74. The monoisotopic (exact) mass is 227 g/mol. The van der Waals surface area contributed by atoms with E-state index in [-0.39, 0.29) is 0 Å². The predicted octanol–water partition coefficient (Wildman–Crippen LogP) is 1.57. The number of oxazole rings is 1. The van der Waals surface area contributed by atoms with E-state index in [9.17, 15) is 0 Å². The Labute approximate surface area is 96.5 Å². The molecule has 0 bridgehead atoms. The van der Waals surface area contributed by atoms with Crippen LogP contribution in [0.1, 0.15) is 5.89 Å². The van der Waals surface area contributed by atoms with E-state index in [1.54, 1.807) is 6.92 Å². The van der Waals surface area contributed by atoms with Crippen LogP contribution in [0.2, 0.25) is 0 Å². The molecule has 3 rings (SSSR count). The number of nitrogens with two attached hydrogens (primary N) is 1. The van der Waals surface area contributed by atoms with Gasteiger partial charge in [-0.2, -0.15) is 0 Å². The van der Waals surface area contributed by atoms with Crippen LogP contribution in [0.3, 0.4) is 0 Å². The highest BCUT2D eigenvalue weighted by Crippen LogP contribution is 2.25. The third-order valence-electron chi connectivity index (χ3n) is 2.42. The van der Waals surface area contributed by atoms with Gasteiger partial charge in [-0.3, -0.25) is 0 Å². The van der Waals surface area contributed by atoms with Crippen LogP contribution < -0.4 is 5.73 Å². The summed E-state index contributed by atoms with van der Waals surface area (Å²) in [7, 11) is 0. The molecule has 0 fully saturated rings. The van der Waals surface area contributed by atoms with Crippen molar-refractivity contribution in [3.63, 3.8) is 0 Å². The van der Waals surface area contributed by atoms with Gasteiger partial charge in [0.1, 0.15) is 17.5 Å². The Morgan fingerprint density at radius 3 is 3.00 bits per heavy atom. The quantitative estimate of drug-likeness (QED) is 0.678. The summed E-state index contributed by atoms with van der Waals surface area (Å²) in [5.41, 5.74) is 8.60. The predicted molar refractivity (Wildman–Crippen MR) is 62.0 cm³/mol. The van der Waals surface area contributed by atoms with E-state index in [1.165, 1.54) is 6.33 Å². The lowest BCUT2D eigenvalue weighted by Gasteiger charge is -2.01. The number of nitrogen functional groups attached to an aromatic ring is 1. The molecular formula is C11H9N5O. The van der Waals surface area contributed by atoms with E-state index in [4.69, 9.17) is 10.2 Å². The second kappa shape index (κ2) is 3.51. The summed E-state index contributed by atoms with van der Waals surface area (Å²) in [4.78, 5) is 8.12. The molecule has 0 saturated heterocycles. The fourth-order valence-corrected chi connectivity index (χ4v) is 1.68. The van der Waals surface area contributed by atoms with Crippen LogP contribution in [-0.4, -0.2) is 20.2 Å². The Kier molecular flexibility index (Phi) is 2.01. The third-order valence-corrected chi connectivity index (χ3v) is 2.42. The molecule has 17 heavy (non-hydrogen) atoms. The summed E-state index contributed by atoms with van der Waals surface area (Å²) in [6, 6.07) is 5.55. The summed E-state index contributed by atoms with van der Waals surface area (Å²) in [5, 5.41) is 7.68. The molecule has 6 nitrogen and oxygen atoms in total. The molecule has 0 atom stereocenters. The molecule has 2 heterocycles. The molecule has 0 aliphatic carbocycles. The van der Waals surface area contributed by atoms with Crippen molar-refractivity contribution in [2.75, 3.05) is 5.73 Å². The van der Waals surface area contributed by atoms with Crippen LogP contribution in [0.15, 0.2) is 28.9 Å².